The molecule has 0 amide bonds. The zero-order chi connectivity index (χ0) is 23.7. The fraction of sp³-hybridized carbons (Fsp3) is 0.500. The highest BCUT2D eigenvalue weighted by Gasteiger charge is 2.38. The molecule has 32 heavy (non-hydrogen) atoms. The van der Waals surface area contributed by atoms with Crippen LogP contribution in [0.15, 0.2) is 48.8 Å². The van der Waals surface area contributed by atoms with E-state index in [1.165, 1.54) is 48.8 Å². The lowest BCUT2D eigenvalue weighted by Crippen LogP contribution is -2.43. The van der Waals surface area contributed by atoms with Crippen LogP contribution in [0.2, 0.25) is 0 Å². The zero-order valence-electron chi connectivity index (χ0n) is 18.3. The summed E-state index contributed by atoms with van der Waals surface area (Å²) >= 11 is 0. The van der Waals surface area contributed by atoms with Gasteiger partial charge >= 0.3 is 12.1 Å². The third kappa shape index (κ3) is 7.91. The standard InChI is InChI=1S/C22H30N2O.C2HF3O2/c1-16(24-17(2)22(25)21-6-4-3-5-7-21)18-8-10-19(11-9-18)20-12-14-23-15-13-20;3-2(4,5)1(6)7/h8-17,21-22,24-25H,3-7H2,1-2H3;(H,6,7). The normalized spacial score (nSPS) is 17.6. The van der Waals surface area contributed by atoms with Crippen LogP contribution in [0.3, 0.4) is 0 Å². The van der Waals surface area contributed by atoms with Crippen LogP contribution in [0.25, 0.3) is 11.1 Å². The number of aliphatic hydroxyl groups excluding tert-OH is 1. The number of nitrogens with zero attached hydrogens (tertiary/aromatic N) is 1. The van der Waals surface area contributed by atoms with Gasteiger partial charge in [-0.25, -0.2) is 4.79 Å². The zero-order valence-corrected chi connectivity index (χ0v) is 18.3. The summed E-state index contributed by atoms with van der Waals surface area (Å²) < 4.78 is 31.7. The van der Waals surface area contributed by atoms with E-state index in [1.807, 2.05) is 24.5 Å². The fourth-order valence-electron chi connectivity index (χ4n) is 3.98. The average molecular weight is 453 g/mol. The second-order valence-electron chi connectivity index (χ2n) is 8.23. The Kier molecular flexibility index (Phi) is 9.65. The van der Waals surface area contributed by atoms with Gasteiger partial charge in [-0.3, -0.25) is 4.98 Å². The lowest BCUT2D eigenvalue weighted by Gasteiger charge is -2.32. The topological polar surface area (TPSA) is 82.5 Å². The van der Waals surface area contributed by atoms with Crippen LogP contribution in [0.4, 0.5) is 13.2 Å². The van der Waals surface area contributed by atoms with E-state index in [1.54, 1.807) is 0 Å². The van der Waals surface area contributed by atoms with Crippen LogP contribution in [0.5, 0.6) is 0 Å². The van der Waals surface area contributed by atoms with Gasteiger partial charge < -0.3 is 15.5 Å². The number of alkyl halides is 3. The highest BCUT2D eigenvalue weighted by Crippen LogP contribution is 2.28. The van der Waals surface area contributed by atoms with Crippen molar-refractivity contribution in [2.75, 3.05) is 0 Å². The van der Waals surface area contributed by atoms with Gasteiger partial charge in [0.15, 0.2) is 0 Å². The number of aromatic nitrogens is 1. The van der Waals surface area contributed by atoms with Gasteiger partial charge in [0.1, 0.15) is 0 Å². The minimum absolute atomic E-state index is 0.109. The van der Waals surface area contributed by atoms with Gasteiger partial charge in [-0.1, -0.05) is 43.5 Å². The molecule has 8 heteroatoms. The summed E-state index contributed by atoms with van der Waals surface area (Å²) in [6, 6.07) is 13.0. The van der Waals surface area contributed by atoms with E-state index < -0.39 is 12.1 Å². The lowest BCUT2D eigenvalue weighted by molar-refractivity contribution is -0.192. The van der Waals surface area contributed by atoms with Gasteiger partial charge in [0.05, 0.1) is 6.10 Å². The molecular weight excluding hydrogens is 421 g/mol. The van der Waals surface area contributed by atoms with Crippen LogP contribution < -0.4 is 5.32 Å². The molecule has 3 N–H and O–H groups in total. The van der Waals surface area contributed by atoms with Crippen molar-refractivity contribution < 1.29 is 28.2 Å². The second kappa shape index (κ2) is 12.0. The largest absolute Gasteiger partial charge is 0.490 e. The third-order valence-electron chi connectivity index (χ3n) is 5.82. The van der Waals surface area contributed by atoms with Crippen molar-refractivity contribution in [3.63, 3.8) is 0 Å². The van der Waals surface area contributed by atoms with Gasteiger partial charge in [-0.05, 0) is 61.4 Å². The molecule has 0 spiro atoms. The summed E-state index contributed by atoms with van der Waals surface area (Å²) in [6.07, 6.45) is 4.50. The molecule has 1 saturated carbocycles. The first kappa shape index (κ1) is 25.8. The number of carboxylic acids is 1. The summed E-state index contributed by atoms with van der Waals surface area (Å²) in [7, 11) is 0. The SMILES string of the molecule is CC(NC(C)C(O)C1CCCCC1)c1ccc(-c2ccncc2)cc1.O=C(O)C(F)(F)F. The van der Waals surface area contributed by atoms with E-state index in [9.17, 15) is 18.3 Å². The number of aliphatic hydroxyl groups is 1. The Hall–Kier alpha value is -2.45. The van der Waals surface area contributed by atoms with E-state index >= 15 is 0 Å². The van der Waals surface area contributed by atoms with Gasteiger partial charge in [-0.15, -0.1) is 0 Å². The van der Waals surface area contributed by atoms with Crippen LogP contribution in [-0.4, -0.2) is 39.5 Å². The molecule has 1 aliphatic rings. The number of halogens is 3. The lowest BCUT2D eigenvalue weighted by atomic mass is 9.83. The molecule has 1 aliphatic carbocycles. The first-order chi connectivity index (χ1) is 15.1. The predicted octanol–water partition coefficient (Wildman–Crippen LogP) is 5.36. The molecule has 176 valence electrons. The Balaban J connectivity index is 0.000000451. The molecule has 3 atom stereocenters. The molecule has 0 radical (unpaired) electrons. The van der Waals surface area contributed by atoms with Crippen molar-refractivity contribution in [2.24, 2.45) is 5.92 Å². The number of carboxylic acid groups (broad SMARTS) is 1. The van der Waals surface area contributed by atoms with E-state index in [0.29, 0.717) is 5.92 Å². The van der Waals surface area contributed by atoms with Crippen LogP contribution in [0, 0.1) is 5.92 Å². The average Bonchev–Trinajstić information content (AvgIpc) is 2.79. The van der Waals surface area contributed by atoms with Crippen molar-refractivity contribution in [3.8, 4) is 11.1 Å². The van der Waals surface area contributed by atoms with E-state index in [2.05, 4.69) is 48.4 Å². The molecule has 1 heterocycles. The predicted molar refractivity (Wildman–Crippen MR) is 117 cm³/mol. The second-order valence-corrected chi connectivity index (χ2v) is 8.23. The van der Waals surface area contributed by atoms with Crippen molar-refractivity contribution in [3.05, 3.63) is 54.4 Å². The molecule has 0 saturated heterocycles. The molecule has 1 fully saturated rings. The number of aliphatic carboxylic acids is 1. The Morgan fingerprint density at radius 1 is 1.00 bits per heavy atom. The maximum absolute atomic E-state index is 10.7. The highest BCUT2D eigenvalue weighted by molar-refractivity contribution is 5.73. The van der Waals surface area contributed by atoms with Crippen LogP contribution in [-0.2, 0) is 4.79 Å². The first-order valence-corrected chi connectivity index (χ1v) is 10.8. The number of benzene rings is 1. The first-order valence-electron chi connectivity index (χ1n) is 10.8. The van der Waals surface area contributed by atoms with E-state index in [0.717, 1.165) is 0 Å². The summed E-state index contributed by atoms with van der Waals surface area (Å²) in [5.41, 5.74) is 3.64. The minimum atomic E-state index is -5.08. The van der Waals surface area contributed by atoms with Gasteiger partial charge in [0.2, 0.25) is 0 Å². The molecule has 0 aliphatic heterocycles. The number of hydrogen-bond acceptors (Lipinski definition) is 4. The molecule has 3 rings (SSSR count). The maximum atomic E-state index is 10.7. The van der Waals surface area contributed by atoms with Crippen LogP contribution >= 0.6 is 0 Å². The van der Waals surface area contributed by atoms with Crippen molar-refractivity contribution in [1.29, 1.82) is 0 Å². The van der Waals surface area contributed by atoms with E-state index in [-0.39, 0.29) is 18.2 Å². The van der Waals surface area contributed by atoms with E-state index in [4.69, 9.17) is 9.90 Å². The quantitative estimate of drug-likeness (QED) is 0.550. The van der Waals surface area contributed by atoms with Gasteiger partial charge in [0, 0.05) is 24.5 Å². The molecule has 0 bridgehead atoms. The van der Waals surface area contributed by atoms with Crippen molar-refractivity contribution >= 4 is 5.97 Å². The summed E-state index contributed by atoms with van der Waals surface area (Å²) in [4.78, 5) is 13.0. The molecule has 5 nitrogen and oxygen atoms in total. The molecular formula is C24H31F3N2O3. The van der Waals surface area contributed by atoms with Crippen molar-refractivity contribution in [1.82, 2.24) is 10.3 Å². The monoisotopic (exact) mass is 452 g/mol. The molecule has 2 aromatic rings. The minimum Gasteiger partial charge on any atom is -0.475 e. The number of carbonyl (C=O) groups is 1. The smallest absolute Gasteiger partial charge is 0.475 e. The van der Waals surface area contributed by atoms with Gasteiger partial charge in [0.25, 0.3) is 0 Å². The fourth-order valence-corrected chi connectivity index (χ4v) is 3.98. The molecule has 1 aromatic carbocycles. The number of rotatable bonds is 6. The third-order valence-corrected chi connectivity index (χ3v) is 5.82. The maximum Gasteiger partial charge on any atom is 0.490 e. The number of pyridine rings is 1. The number of hydrogen-bond donors (Lipinski definition) is 3. The highest BCUT2D eigenvalue weighted by atomic mass is 19.4. The Labute approximate surface area is 186 Å². The van der Waals surface area contributed by atoms with Crippen molar-refractivity contribution in [2.45, 2.75) is 70.3 Å². The Bertz CT molecular complexity index is 823. The summed E-state index contributed by atoms with van der Waals surface area (Å²) in [6.45, 7) is 4.28. The summed E-state index contributed by atoms with van der Waals surface area (Å²) in [5, 5.41) is 21.4. The Morgan fingerprint density at radius 2 is 1.50 bits per heavy atom. The molecule has 1 aromatic heterocycles. The molecule has 3 unspecified atom stereocenters. The van der Waals surface area contributed by atoms with Crippen LogP contribution in [0.1, 0.15) is 57.6 Å². The van der Waals surface area contributed by atoms with Gasteiger partial charge in [-0.2, -0.15) is 13.2 Å². The summed E-state index contributed by atoms with van der Waals surface area (Å²) in [5.74, 6) is -2.30. The number of nitrogens with one attached hydrogen (secondary N) is 1. The Morgan fingerprint density at radius 3 is 2.00 bits per heavy atom.